The minimum absolute atomic E-state index is 0.306. The molecule has 0 spiro atoms. The summed E-state index contributed by atoms with van der Waals surface area (Å²) in [5, 5.41) is 10.3. The number of ether oxygens (including phenoxy) is 1. The quantitative estimate of drug-likeness (QED) is 0.802. The lowest BCUT2D eigenvalue weighted by molar-refractivity contribution is -0.0646. The molecule has 1 aliphatic rings. The fourth-order valence-corrected chi connectivity index (χ4v) is 2.49. The number of fused-ring (bicyclic) bond motifs is 3. The summed E-state index contributed by atoms with van der Waals surface area (Å²) in [5.74, 6) is 0. The van der Waals surface area contributed by atoms with Gasteiger partial charge in [-0.3, -0.25) is 4.40 Å². The average molecular weight is 283 g/mol. The van der Waals surface area contributed by atoms with Gasteiger partial charge in [0.2, 0.25) is 0 Å². The minimum Gasteiger partial charge on any atom is -0.381 e. The average Bonchev–Trinajstić information content (AvgIpc) is 2.56. The zero-order valence-electron chi connectivity index (χ0n) is 8.77. The van der Waals surface area contributed by atoms with Gasteiger partial charge in [0, 0.05) is 10.7 Å². The van der Waals surface area contributed by atoms with Gasteiger partial charge < -0.3 is 9.84 Å². The van der Waals surface area contributed by atoms with Gasteiger partial charge in [-0.25, -0.2) is 4.98 Å². The van der Waals surface area contributed by atoms with E-state index in [9.17, 15) is 5.11 Å². The van der Waals surface area contributed by atoms with Crippen molar-refractivity contribution >= 4 is 21.6 Å². The van der Waals surface area contributed by atoms with Crippen molar-refractivity contribution < 1.29 is 9.84 Å². The lowest BCUT2D eigenvalue weighted by Gasteiger charge is -2.28. The molecule has 5 heteroatoms. The van der Waals surface area contributed by atoms with Gasteiger partial charge in [0.1, 0.15) is 11.2 Å². The molecule has 4 nitrogen and oxygen atoms in total. The Bertz CT molecular complexity index is 562. The Morgan fingerprint density at radius 2 is 2.38 bits per heavy atom. The summed E-state index contributed by atoms with van der Waals surface area (Å²) in [6, 6.07) is 3.85. The molecule has 3 rings (SSSR count). The minimum atomic E-state index is -0.978. The maximum atomic E-state index is 10.3. The van der Waals surface area contributed by atoms with Gasteiger partial charge >= 0.3 is 0 Å². The third-order valence-corrected chi connectivity index (χ3v) is 3.26. The molecule has 0 fully saturated rings. The van der Waals surface area contributed by atoms with E-state index in [1.807, 2.05) is 22.7 Å². The number of aromatic nitrogens is 2. The van der Waals surface area contributed by atoms with Crippen LogP contribution in [-0.4, -0.2) is 21.1 Å². The van der Waals surface area contributed by atoms with Crippen LogP contribution in [0.3, 0.4) is 0 Å². The molecular weight excluding hydrogens is 272 g/mol. The number of aliphatic hydroxyl groups is 1. The van der Waals surface area contributed by atoms with E-state index in [0.717, 1.165) is 21.5 Å². The summed E-state index contributed by atoms with van der Waals surface area (Å²) in [5.41, 5.74) is 1.50. The summed E-state index contributed by atoms with van der Waals surface area (Å²) in [4.78, 5) is 4.45. The smallest absolute Gasteiger partial charge is 0.137 e. The second-order valence-corrected chi connectivity index (χ2v) is 5.16. The molecule has 0 radical (unpaired) electrons. The van der Waals surface area contributed by atoms with E-state index in [-0.39, 0.29) is 0 Å². The zero-order chi connectivity index (χ0) is 11.3. The van der Waals surface area contributed by atoms with E-state index < -0.39 is 5.60 Å². The van der Waals surface area contributed by atoms with Crippen LogP contribution in [0.1, 0.15) is 18.3 Å². The van der Waals surface area contributed by atoms with Gasteiger partial charge in [-0.1, -0.05) is 0 Å². The number of rotatable bonds is 0. The normalized spacial score (nSPS) is 24.7. The van der Waals surface area contributed by atoms with E-state index in [0.29, 0.717) is 13.2 Å². The molecular formula is C11H11BrN2O2. The molecule has 1 aliphatic heterocycles. The van der Waals surface area contributed by atoms with E-state index in [1.165, 1.54) is 0 Å². The van der Waals surface area contributed by atoms with Crippen LogP contribution in [0, 0.1) is 0 Å². The zero-order valence-corrected chi connectivity index (χ0v) is 10.4. The SMILES string of the molecule is CC1(O)COCc2nc3ccc(Br)cn3c21. The third kappa shape index (κ3) is 1.39. The molecule has 0 aliphatic carbocycles. The van der Waals surface area contributed by atoms with Crippen LogP contribution in [0.4, 0.5) is 0 Å². The van der Waals surface area contributed by atoms with E-state index in [2.05, 4.69) is 20.9 Å². The fraction of sp³-hybridized carbons (Fsp3) is 0.364. The van der Waals surface area contributed by atoms with Gasteiger partial charge in [0.05, 0.1) is 24.6 Å². The second-order valence-electron chi connectivity index (χ2n) is 4.25. The number of halogens is 1. The number of hydrogen-bond acceptors (Lipinski definition) is 3. The molecule has 2 aromatic rings. The van der Waals surface area contributed by atoms with Gasteiger partial charge in [-0.2, -0.15) is 0 Å². The van der Waals surface area contributed by atoms with Crippen molar-refractivity contribution in [3.63, 3.8) is 0 Å². The molecule has 0 saturated carbocycles. The van der Waals surface area contributed by atoms with Crippen LogP contribution in [0.2, 0.25) is 0 Å². The Kier molecular flexibility index (Phi) is 2.11. The number of hydrogen-bond donors (Lipinski definition) is 1. The van der Waals surface area contributed by atoms with Crippen molar-refractivity contribution in [2.24, 2.45) is 0 Å². The van der Waals surface area contributed by atoms with Crippen LogP contribution in [-0.2, 0) is 16.9 Å². The first-order chi connectivity index (χ1) is 7.58. The van der Waals surface area contributed by atoms with Crippen LogP contribution >= 0.6 is 15.9 Å². The third-order valence-electron chi connectivity index (χ3n) is 2.79. The molecule has 0 amide bonds. The fourth-order valence-electron chi connectivity index (χ4n) is 2.15. The monoisotopic (exact) mass is 282 g/mol. The number of nitrogens with zero attached hydrogens (tertiary/aromatic N) is 2. The molecule has 1 unspecified atom stereocenters. The van der Waals surface area contributed by atoms with Crippen molar-refractivity contribution in [2.45, 2.75) is 19.1 Å². The number of pyridine rings is 1. The summed E-state index contributed by atoms with van der Waals surface area (Å²) in [6.07, 6.45) is 1.92. The Labute approximate surface area is 101 Å². The van der Waals surface area contributed by atoms with Crippen LogP contribution in [0.25, 0.3) is 5.65 Å². The van der Waals surface area contributed by atoms with Crippen molar-refractivity contribution in [2.75, 3.05) is 6.61 Å². The predicted octanol–water partition coefficient (Wildman–Crippen LogP) is 1.83. The predicted molar refractivity (Wildman–Crippen MR) is 62.1 cm³/mol. The Morgan fingerprint density at radius 3 is 3.19 bits per heavy atom. The highest BCUT2D eigenvalue weighted by molar-refractivity contribution is 9.10. The molecule has 0 saturated heterocycles. The van der Waals surface area contributed by atoms with E-state index in [4.69, 9.17) is 4.74 Å². The summed E-state index contributed by atoms with van der Waals surface area (Å²) in [6.45, 7) is 2.52. The highest BCUT2D eigenvalue weighted by atomic mass is 79.9. The lowest BCUT2D eigenvalue weighted by atomic mass is 10.00. The Morgan fingerprint density at radius 1 is 1.56 bits per heavy atom. The summed E-state index contributed by atoms with van der Waals surface area (Å²) >= 11 is 3.42. The molecule has 2 aromatic heterocycles. The van der Waals surface area contributed by atoms with Gasteiger partial charge in [0.25, 0.3) is 0 Å². The van der Waals surface area contributed by atoms with E-state index >= 15 is 0 Å². The molecule has 1 N–H and O–H groups in total. The lowest BCUT2D eigenvalue weighted by Crippen LogP contribution is -2.34. The van der Waals surface area contributed by atoms with E-state index in [1.54, 1.807) is 6.92 Å². The first-order valence-corrected chi connectivity index (χ1v) is 5.84. The molecule has 84 valence electrons. The van der Waals surface area contributed by atoms with Crippen molar-refractivity contribution in [3.05, 3.63) is 34.2 Å². The standard InChI is InChI=1S/C11H11BrN2O2/c1-11(15)6-16-5-8-10(11)14-4-7(12)2-3-9(14)13-8/h2-4,15H,5-6H2,1H3. The maximum absolute atomic E-state index is 10.3. The van der Waals surface area contributed by atoms with Gasteiger partial charge in [-0.05, 0) is 35.0 Å². The first-order valence-electron chi connectivity index (χ1n) is 5.05. The highest BCUT2D eigenvalue weighted by Gasteiger charge is 2.34. The molecule has 1 atom stereocenters. The van der Waals surface area contributed by atoms with Crippen LogP contribution < -0.4 is 0 Å². The molecule has 16 heavy (non-hydrogen) atoms. The summed E-state index contributed by atoms with van der Waals surface area (Å²) in [7, 11) is 0. The number of imidazole rings is 1. The van der Waals surface area contributed by atoms with Gasteiger partial charge in [0.15, 0.2) is 0 Å². The molecule has 3 heterocycles. The first kappa shape index (κ1) is 10.3. The van der Waals surface area contributed by atoms with Crippen molar-refractivity contribution in [3.8, 4) is 0 Å². The molecule has 0 bridgehead atoms. The second kappa shape index (κ2) is 3.29. The maximum Gasteiger partial charge on any atom is 0.137 e. The Balaban J connectivity index is 2.37. The van der Waals surface area contributed by atoms with Crippen molar-refractivity contribution in [1.82, 2.24) is 9.38 Å². The Hall–Kier alpha value is -0.910. The van der Waals surface area contributed by atoms with Crippen LogP contribution in [0.15, 0.2) is 22.8 Å². The van der Waals surface area contributed by atoms with Crippen LogP contribution in [0.5, 0.6) is 0 Å². The molecule has 0 aromatic carbocycles. The largest absolute Gasteiger partial charge is 0.381 e. The van der Waals surface area contributed by atoms with Crippen molar-refractivity contribution in [1.29, 1.82) is 0 Å². The topological polar surface area (TPSA) is 46.8 Å². The highest BCUT2D eigenvalue weighted by Crippen LogP contribution is 2.31. The summed E-state index contributed by atoms with van der Waals surface area (Å²) < 4.78 is 8.21. The van der Waals surface area contributed by atoms with Gasteiger partial charge in [-0.15, -0.1) is 0 Å².